The van der Waals surface area contributed by atoms with Crippen molar-refractivity contribution in [2.45, 2.75) is 38.1 Å². The van der Waals surface area contributed by atoms with Crippen LogP contribution in [0, 0.1) is 0 Å². The van der Waals surface area contributed by atoms with Crippen molar-refractivity contribution < 1.29 is 4.79 Å². The lowest BCUT2D eigenvalue weighted by atomic mass is 9.93. The standard InChI is InChI=1S/C10H20N2OS/c1-14-8-3-2-7-11-10(13)12-9-5-4-6-9/h9H,2-8H2,1H3,(H2,11,12,13). The SMILES string of the molecule is CSCCCCNC(=O)NC1CCC1. The summed E-state index contributed by atoms with van der Waals surface area (Å²) >= 11 is 1.86. The van der Waals surface area contributed by atoms with Crippen molar-refractivity contribution in [2.24, 2.45) is 0 Å². The molecule has 0 aliphatic heterocycles. The highest BCUT2D eigenvalue weighted by Gasteiger charge is 2.18. The minimum absolute atomic E-state index is 0.0128. The van der Waals surface area contributed by atoms with E-state index in [0.717, 1.165) is 25.8 Å². The van der Waals surface area contributed by atoms with Crippen LogP contribution in [0.2, 0.25) is 0 Å². The van der Waals surface area contributed by atoms with Crippen molar-refractivity contribution >= 4 is 17.8 Å². The van der Waals surface area contributed by atoms with Gasteiger partial charge in [-0.2, -0.15) is 11.8 Å². The molecule has 82 valence electrons. The lowest BCUT2D eigenvalue weighted by Crippen LogP contribution is -2.45. The smallest absolute Gasteiger partial charge is 0.315 e. The summed E-state index contributed by atoms with van der Waals surface area (Å²) in [5, 5.41) is 5.83. The Balaban J connectivity index is 1.87. The summed E-state index contributed by atoms with van der Waals surface area (Å²) in [6.07, 6.45) is 7.94. The molecule has 0 spiro atoms. The zero-order valence-corrected chi connectivity index (χ0v) is 9.66. The van der Waals surface area contributed by atoms with Gasteiger partial charge in [0.25, 0.3) is 0 Å². The number of thioether (sulfide) groups is 1. The number of unbranched alkanes of at least 4 members (excludes halogenated alkanes) is 1. The zero-order chi connectivity index (χ0) is 10.2. The third kappa shape index (κ3) is 4.74. The number of carbonyl (C=O) groups is 1. The Morgan fingerprint density at radius 1 is 1.43 bits per heavy atom. The van der Waals surface area contributed by atoms with E-state index in [1.165, 1.54) is 18.6 Å². The van der Waals surface area contributed by atoms with Gasteiger partial charge < -0.3 is 10.6 Å². The Labute approximate surface area is 90.4 Å². The monoisotopic (exact) mass is 216 g/mol. The van der Waals surface area contributed by atoms with E-state index in [4.69, 9.17) is 0 Å². The maximum atomic E-state index is 11.3. The second-order valence-corrected chi connectivity index (χ2v) is 4.71. The van der Waals surface area contributed by atoms with Gasteiger partial charge in [0, 0.05) is 12.6 Å². The van der Waals surface area contributed by atoms with Crippen LogP contribution >= 0.6 is 11.8 Å². The number of nitrogens with one attached hydrogen (secondary N) is 2. The van der Waals surface area contributed by atoms with Crippen LogP contribution in [0.25, 0.3) is 0 Å². The molecule has 14 heavy (non-hydrogen) atoms. The molecule has 2 amide bonds. The van der Waals surface area contributed by atoms with Crippen molar-refractivity contribution in [2.75, 3.05) is 18.6 Å². The lowest BCUT2D eigenvalue weighted by Gasteiger charge is -2.26. The summed E-state index contributed by atoms with van der Waals surface area (Å²) in [5.41, 5.74) is 0. The second kappa shape index (κ2) is 6.98. The van der Waals surface area contributed by atoms with Crippen molar-refractivity contribution in [1.82, 2.24) is 10.6 Å². The van der Waals surface area contributed by atoms with Gasteiger partial charge in [-0.1, -0.05) is 0 Å². The minimum Gasteiger partial charge on any atom is -0.338 e. The fraction of sp³-hybridized carbons (Fsp3) is 0.900. The highest BCUT2D eigenvalue weighted by molar-refractivity contribution is 7.98. The average molecular weight is 216 g/mol. The van der Waals surface area contributed by atoms with Crippen LogP contribution in [0.5, 0.6) is 0 Å². The largest absolute Gasteiger partial charge is 0.338 e. The van der Waals surface area contributed by atoms with Gasteiger partial charge in [0.2, 0.25) is 0 Å². The van der Waals surface area contributed by atoms with E-state index in [1.54, 1.807) is 0 Å². The topological polar surface area (TPSA) is 41.1 Å². The third-order valence-electron chi connectivity index (χ3n) is 2.50. The molecule has 1 rings (SSSR count). The molecule has 0 bridgehead atoms. The van der Waals surface area contributed by atoms with E-state index in [9.17, 15) is 4.79 Å². The van der Waals surface area contributed by atoms with Crippen molar-refractivity contribution in [3.63, 3.8) is 0 Å². The fourth-order valence-corrected chi connectivity index (χ4v) is 1.86. The van der Waals surface area contributed by atoms with E-state index >= 15 is 0 Å². The number of carbonyl (C=O) groups excluding carboxylic acids is 1. The Morgan fingerprint density at radius 3 is 2.79 bits per heavy atom. The van der Waals surface area contributed by atoms with Crippen molar-refractivity contribution in [1.29, 1.82) is 0 Å². The molecule has 2 N–H and O–H groups in total. The van der Waals surface area contributed by atoms with Crippen LogP contribution < -0.4 is 10.6 Å². The summed E-state index contributed by atoms with van der Waals surface area (Å²) < 4.78 is 0. The van der Waals surface area contributed by atoms with Gasteiger partial charge in [-0.05, 0) is 44.1 Å². The summed E-state index contributed by atoms with van der Waals surface area (Å²) in [4.78, 5) is 11.3. The van der Waals surface area contributed by atoms with E-state index < -0.39 is 0 Å². The molecule has 0 aromatic carbocycles. The molecule has 1 aliphatic rings. The third-order valence-corrected chi connectivity index (χ3v) is 3.20. The second-order valence-electron chi connectivity index (χ2n) is 3.73. The van der Waals surface area contributed by atoms with Gasteiger partial charge in [-0.3, -0.25) is 0 Å². The Bertz CT molecular complexity index is 172. The number of rotatable bonds is 6. The number of hydrogen-bond donors (Lipinski definition) is 2. The van der Waals surface area contributed by atoms with Crippen molar-refractivity contribution in [3.8, 4) is 0 Å². The minimum atomic E-state index is 0.0128. The zero-order valence-electron chi connectivity index (χ0n) is 8.84. The summed E-state index contributed by atoms with van der Waals surface area (Å²) in [6, 6.07) is 0.458. The molecule has 0 aromatic heterocycles. The maximum absolute atomic E-state index is 11.3. The maximum Gasteiger partial charge on any atom is 0.315 e. The van der Waals surface area contributed by atoms with Crippen molar-refractivity contribution in [3.05, 3.63) is 0 Å². The molecule has 0 heterocycles. The van der Waals surface area contributed by atoms with Gasteiger partial charge in [-0.25, -0.2) is 4.79 Å². The molecule has 0 aromatic rings. The van der Waals surface area contributed by atoms with Gasteiger partial charge >= 0.3 is 6.03 Å². The predicted molar refractivity (Wildman–Crippen MR) is 61.8 cm³/mol. The van der Waals surface area contributed by atoms with E-state index in [0.29, 0.717) is 6.04 Å². The summed E-state index contributed by atoms with van der Waals surface area (Å²) in [7, 11) is 0. The molecule has 1 saturated carbocycles. The molecular formula is C10H20N2OS. The average Bonchev–Trinajstić information content (AvgIpc) is 2.11. The molecule has 4 heteroatoms. The molecule has 0 atom stereocenters. The van der Waals surface area contributed by atoms with Crippen LogP contribution in [0.15, 0.2) is 0 Å². The van der Waals surface area contributed by atoms with Gasteiger partial charge in [-0.15, -0.1) is 0 Å². The first-order valence-corrected chi connectivity index (χ1v) is 6.75. The lowest BCUT2D eigenvalue weighted by molar-refractivity contribution is 0.228. The van der Waals surface area contributed by atoms with Crippen LogP contribution in [-0.4, -0.2) is 30.6 Å². The summed E-state index contributed by atoms with van der Waals surface area (Å²) in [6.45, 7) is 0.805. The first-order chi connectivity index (χ1) is 6.83. The molecule has 0 unspecified atom stereocenters. The molecule has 0 saturated heterocycles. The van der Waals surface area contributed by atoms with E-state index in [-0.39, 0.29) is 6.03 Å². The van der Waals surface area contributed by atoms with Gasteiger partial charge in [0.1, 0.15) is 0 Å². The summed E-state index contributed by atoms with van der Waals surface area (Å²) in [5.74, 6) is 1.19. The highest BCUT2D eigenvalue weighted by atomic mass is 32.2. The quantitative estimate of drug-likeness (QED) is 0.667. The number of hydrogen-bond acceptors (Lipinski definition) is 2. The fourth-order valence-electron chi connectivity index (χ4n) is 1.36. The molecule has 1 fully saturated rings. The highest BCUT2D eigenvalue weighted by Crippen LogP contribution is 2.17. The Kier molecular flexibility index (Phi) is 5.83. The Hall–Kier alpha value is -0.380. The van der Waals surface area contributed by atoms with Crippen LogP contribution in [-0.2, 0) is 0 Å². The molecule has 1 aliphatic carbocycles. The van der Waals surface area contributed by atoms with Gasteiger partial charge in [0.15, 0.2) is 0 Å². The van der Waals surface area contributed by atoms with Crippen LogP contribution in [0.1, 0.15) is 32.1 Å². The van der Waals surface area contributed by atoms with Crippen LogP contribution in [0.4, 0.5) is 4.79 Å². The molecule has 0 radical (unpaired) electrons. The number of amides is 2. The Morgan fingerprint density at radius 2 is 2.21 bits per heavy atom. The van der Waals surface area contributed by atoms with E-state index in [1.807, 2.05) is 11.8 Å². The van der Waals surface area contributed by atoms with Gasteiger partial charge in [0.05, 0.1) is 0 Å². The predicted octanol–water partition coefficient (Wildman–Crippen LogP) is 1.98. The van der Waals surface area contributed by atoms with Crippen LogP contribution in [0.3, 0.4) is 0 Å². The van der Waals surface area contributed by atoms with E-state index in [2.05, 4.69) is 16.9 Å². The first-order valence-electron chi connectivity index (χ1n) is 5.36. The number of urea groups is 1. The first kappa shape index (κ1) is 11.7. The molecule has 3 nitrogen and oxygen atoms in total. The normalized spacial score (nSPS) is 16.1. The molecular weight excluding hydrogens is 196 g/mol.